The summed E-state index contributed by atoms with van der Waals surface area (Å²) in [7, 11) is -3.31. The highest BCUT2D eigenvalue weighted by molar-refractivity contribution is 7.90. The molecular weight excluding hydrogens is 389 g/mol. The first-order chi connectivity index (χ1) is 13.9. The maximum Gasteiger partial charge on any atom is 0.154 e. The first-order valence-electron chi connectivity index (χ1n) is 9.32. The van der Waals surface area contributed by atoms with Gasteiger partial charge in [0, 0.05) is 34.9 Å². The largest absolute Gasteiger partial charge is 0.346 e. The minimum Gasteiger partial charge on any atom is -0.346 e. The fraction of sp³-hybridized carbons (Fsp3) is 0.182. The van der Waals surface area contributed by atoms with Crippen molar-refractivity contribution in [2.24, 2.45) is 0 Å². The van der Waals surface area contributed by atoms with E-state index < -0.39 is 15.7 Å². The zero-order chi connectivity index (χ0) is 20.4. The van der Waals surface area contributed by atoms with Crippen LogP contribution >= 0.6 is 0 Å². The van der Waals surface area contributed by atoms with Crippen LogP contribution in [0.15, 0.2) is 60.8 Å². The smallest absolute Gasteiger partial charge is 0.154 e. The third-order valence-corrected chi connectivity index (χ3v) is 6.44. The molecule has 0 bridgehead atoms. The van der Waals surface area contributed by atoms with E-state index in [9.17, 15) is 12.8 Å². The van der Waals surface area contributed by atoms with Crippen LogP contribution in [0.5, 0.6) is 0 Å². The van der Waals surface area contributed by atoms with E-state index in [4.69, 9.17) is 0 Å². The molecule has 1 N–H and O–H groups in total. The lowest BCUT2D eigenvalue weighted by Gasteiger charge is -2.09. The van der Waals surface area contributed by atoms with Gasteiger partial charge in [-0.05, 0) is 17.7 Å². The molecule has 7 heteroatoms. The molecule has 0 aliphatic carbocycles. The lowest BCUT2D eigenvalue weighted by Crippen LogP contribution is -2.08. The Morgan fingerprint density at radius 1 is 1.03 bits per heavy atom. The molecule has 2 aromatic carbocycles. The van der Waals surface area contributed by atoms with Crippen LogP contribution in [0, 0.1) is 5.82 Å². The number of H-pyrrole nitrogens is 1. The van der Waals surface area contributed by atoms with Crippen LogP contribution < -0.4 is 0 Å². The highest BCUT2D eigenvalue weighted by Gasteiger charge is 2.16. The SMILES string of the molecule is CCS(=O)(=O)Cc1ccc(-c2nc(Cc3ccccc3)nc3[nH]ccc23)cc1F. The summed E-state index contributed by atoms with van der Waals surface area (Å²) in [5, 5.41) is 0.787. The molecule has 0 unspecified atom stereocenters. The zero-order valence-corrected chi connectivity index (χ0v) is 16.7. The minimum absolute atomic E-state index is 0.0209. The second-order valence-electron chi connectivity index (χ2n) is 6.87. The molecule has 4 rings (SSSR count). The molecule has 2 aromatic heterocycles. The third-order valence-electron chi connectivity index (χ3n) is 4.81. The highest BCUT2D eigenvalue weighted by Crippen LogP contribution is 2.28. The summed E-state index contributed by atoms with van der Waals surface area (Å²) in [4.78, 5) is 12.4. The van der Waals surface area contributed by atoms with Crippen molar-refractivity contribution in [3.05, 3.63) is 83.6 Å². The number of nitrogens with zero attached hydrogens (tertiary/aromatic N) is 2. The molecule has 0 aliphatic heterocycles. The summed E-state index contributed by atoms with van der Waals surface area (Å²) in [5.41, 5.74) is 3.13. The molecule has 0 amide bonds. The van der Waals surface area contributed by atoms with Gasteiger partial charge < -0.3 is 4.98 Å². The molecule has 5 nitrogen and oxygen atoms in total. The number of hydrogen-bond acceptors (Lipinski definition) is 4. The number of aromatic nitrogens is 3. The first kappa shape index (κ1) is 19.3. The summed E-state index contributed by atoms with van der Waals surface area (Å²) >= 11 is 0. The van der Waals surface area contributed by atoms with Gasteiger partial charge in [0.15, 0.2) is 9.84 Å². The van der Waals surface area contributed by atoms with Gasteiger partial charge in [0.05, 0.1) is 11.4 Å². The number of halogens is 1. The second kappa shape index (κ2) is 7.75. The standard InChI is InChI=1S/C22H20FN3O2S/c1-2-29(27,28)14-17-9-8-16(13-19(17)23)21-18-10-11-24-22(18)26-20(25-21)12-15-6-4-3-5-7-15/h3-11,13H,2,12,14H2,1H3,(H,24,25,26). The molecule has 0 fully saturated rings. The molecule has 0 saturated carbocycles. The van der Waals surface area contributed by atoms with Crippen molar-refractivity contribution in [3.8, 4) is 11.3 Å². The van der Waals surface area contributed by atoms with Crippen LogP contribution in [0.1, 0.15) is 23.9 Å². The van der Waals surface area contributed by atoms with Crippen molar-refractivity contribution in [1.82, 2.24) is 15.0 Å². The summed E-state index contributed by atoms with van der Waals surface area (Å²) < 4.78 is 38.3. The van der Waals surface area contributed by atoms with Crippen LogP contribution in [0.2, 0.25) is 0 Å². The number of rotatable bonds is 6. The van der Waals surface area contributed by atoms with Gasteiger partial charge >= 0.3 is 0 Å². The molecule has 148 valence electrons. The molecule has 2 heterocycles. The van der Waals surface area contributed by atoms with E-state index in [1.54, 1.807) is 19.2 Å². The van der Waals surface area contributed by atoms with Crippen molar-refractivity contribution >= 4 is 20.9 Å². The molecule has 0 atom stereocenters. The number of aromatic amines is 1. The predicted molar refractivity (Wildman–Crippen MR) is 112 cm³/mol. The molecule has 0 spiro atoms. The van der Waals surface area contributed by atoms with Crippen molar-refractivity contribution in [1.29, 1.82) is 0 Å². The van der Waals surface area contributed by atoms with Crippen LogP contribution in [0.3, 0.4) is 0 Å². The summed E-state index contributed by atoms with van der Waals surface area (Å²) in [5.74, 6) is -0.254. The van der Waals surface area contributed by atoms with Crippen LogP contribution in [-0.4, -0.2) is 29.1 Å². The molecule has 0 aliphatic rings. The van der Waals surface area contributed by atoms with Crippen molar-refractivity contribution in [3.63, 3.8) is 0 Å². The zero-order valence-electron chi connectivity index (χ0n) is 15.9. The van der Waals surface area contributed by atoms with Gasteiger partial charge in [0.25, 0.3) is 0 Å². The Labute approximate surface area is 168 Å². The number of sulfone groups is 1. The van der Waals surface area contributed by atoms with E-state index in [-0.39, 0.29) is 17.1 Å². The van der Waals surface area contributed by atoms with Gasteiger partial charge in [-0.25, -0.2) is 22.8 Å². The highest BCUT2D eigenvalue weighted by atomic mass is 32.2. The fourth-order valence-corrected chi connectivity index (χ4v) is 4.13. The summed E-state index contributed by atoms with van der Waals surface area (Å²) in [6, 6.07) is 16.3. The minimum atomic E-state index is -3.31. The van der Waals surface area contributed by atoms with E-state index in [1.807, 2.05) is 36.4 Å². The maximum atomic E-state index is 14.7. The Bertz CT molecular complexity index is 1270. The van der Waals surface area contributed by atoms with Gasteiger partial charge in [-0.2, -0.15) is 0 Å². The van der Waals surface area contributed by atoms with E-state index in [0.717, 1.165) is 10.9 Å². The van der Waals surface area contributed by atoms with Gasteiger partial charge in [0.1, 0.15) is 17.3 Å². The van der Waals surface area contributed by atoms with E-state index in [2.05, 4.69) is 15.0 Å². The third kappa shape index (κ3) is 4.19. The van der Waals surface area contributed by atoms with E-state index >= 15 is 0 Å². The average molecular weight is 409 g/mol. The molecule has 29 heavy (non-hydrogen) atoms. The number of benzene rings is 2. The second-order valence-corrected chi connectivity index (χ2v) is 9.23. The van der Waals surface area contributed by atoms with Crippen molar-refractivity contribution < 1.29 is 12.8 Å². The quantitative estimate of drug-likeness (QED) is 0.515. The van der Waals surface area contributed by atoms with E-state index in [1.165, 1.54) is 12.1 Å². The Kier molecular flexibility index (Phi) is 5.15. The normalized spacial score (nSPS) is 11.8. The Morgan fingerprint density at radius 2 is 1.83 bits per heavy atom. The lowest BCUT2D eigenvalue weighted by molar-refractivity contribution is 0.588. The topological polar surface area (TPSA) is 75.7 Å². The lowest BCUT2D eigenvalue weighted by atomic mass is 10.1. The monoisotopic (exact) mass is 409 g/mol. The molecule has 0 saturated heterocycles. The molecule has 0 radical (unpaired) electrons. The molecule has 4 aromatic rings. The van der Waals surface area contributed by atoms with Crippen LogP contribution in [-0.2, 0) is 22.0 Å². The van der Waals surface area contributed by atoms with E-state index in [0.29, 0.717) is 29.1 Å². The van der Waals surface area contributed by atoms with Crippen LogP contribution in [0.4, 0.5) is 4.39 Å². The number of hydrogen-bond donors (Lipinski definition) is 1. The number of nitrogens with one attached hydrogen (secondary N) is 1. The van der Waals surface area contributed by atoms with Gasteiger partial charge in [-0.3, -0.25) is 0 Å². The first-order valence-corrected chi connectivity index (χ1v) is 11.1. The summed E-state index contributed by atoms with van der Waals surface area (Å²) in [6.07, 6.45) is 2.33. The maximum absolute atomic E-state index is 14.7. The average Bonchev–Trinajstić information content (AvgIpc) is 3.18. The Morgan fingerprint density at radius 3 is 2.55 bits per heavy atom. The number of fused-ring (bicyclic) bond motifs is 1. The Balaban J connectivity index is 1.75. The Hall–Kier alpha value is -3.06. The van der Waals surface area contributed by atoms with Gasteiger partial charge in [0.2, 0.25) is 0 Å². The van der Waals surface area contributed by atoms with Crippen molar-refractivity contribution in [2.45, 2.75) is 19.1 Å². The molecular formula is C22H20FN3O2S. The fourth-order valence-electron chi connectivity index (χ4n) is 3.22. The summed E-state index contributed by atoms with van der Waals surface area (Å²) in [6.45, 7) is 1.55. The predicted octanol–water partition coefficient (Wildman–Crippen LogP) is 4.29. The van der Waals surface area contributed by atoms with Crippen LogP contribution in [0.25, 0.3) is 22.3 Å². The van der Waals surface area contributed by atoms with Gasteiger partial charge in [-0.15, -0.1) is 0 Å². The van der Waals surface area contributed by atoms with Crippen molar-refractivity contribution in [2.75, 3.05) is 5.75 Å². The van der Waals surface area contributed by atoms with Gasteiger partial charge in [-0.1, -0.05) is 49.4 Å².